The predicted molar refractivity (Wildman–Crippen MR) is 65.6 cm³/mol. The molecule has 1 aromatic carbocycles. The molecule has 1 aromatic rings. The van der Waals surface area contributed by atoms with E-state index in [1.165, 1.54) is 0 Å². The van der Waals surface area contributed by atoms with Crippen LogP contribution in [0.3, 0.4) is 0 Å². The van der Waals surface area contributed by atoms with Crippen molar-refractivity contribution >= 4 is 0 Å². The first-order chi connectivity index (χ1) is 8.36. The molecule has 1 unspecified atom stereocenters. The second-order valence-corrected chi connectivity index (χ2v) is 4.87. The normalized spacial score (nSPS) is 13.4. The lowest BCUT2D eigenvalue weighted by atomic mass is 10.0. The molecule has 1 rings (SSSR count). The minimum absolute atomic E-state index is 0.0968. The van der Waals surface area contributed by atoms with Gasteiger partial charge in [0.2, 0.25) is 0 Å². The summed E-state index contributed by atoms with van der Waals surface area (Å²) < 4.78 is 39.7. The Morgan fingerprint density at radius 1 is 1.11 bits per heavy atom. The Hall–Kier alpha value is -1.07. The number of benzene rings is 1. The Morgan fingerprint density at radius 2 is 1.67 bits per heavy atom. The molecule has 102 valence electrons. The Labute approximate surface area is 106 Å². The number of nitrogens with zero attached hydrogens (tertiary/aromatic N) is 1. The van der Waals surface area contributed by atoms with E-state index in [0.717, 1.165) is 6.07 Å². The molecule has 0 aliphatic heterocycles. The molecule has 18 heavy (non-hydrogen) atoms. The first kappa shape index (κ1) is 15.0. The summed E-state index contributed by atoms with van der Waals surface area (Å²) >= 11 is 0. The Morgan fingerprint density at radius 3 is 2.17 bits per heavy atom. The lowest BCUT2D eigenvalue weighted by Gasteiger charge is -2.29. The number of halogens is 3. The maximum atomic E-state index is 13.7. The van der Waals surface area contributed by atoms with E-state index >= 15 is 0 Å². The van der Waals surface area contributed by atoms with Crippen molar-refractivity contribution in [3.63, 3.8) is 0 Å². The molecule has 0 saturated heterocycles. The van der Waals surface area contributed by atoms with E-state index in [9.17, 15) is 13.2 Å². The van der Waals surface area contributed by atoms with Gasteiger partial charge in [-0.15, -0.1) is 0 Å². The van der Waals surface area contributed by atoms with Gasteiger partial charge in [0, 0.05) is 30.8 Å². The van der Waals surface area contributed by atoms with Crippen LogP contribution >= 0.6 is 0 Å². The maximum absolute atomic E-state index is 13.7. The van der Waals surface area contributed by atoms with Crippen LogP contribution < -0.4 is 5.73 Å². The summed E-state index contributed by atoms with van der Waals surface area (Å²) in [7, 11) is 1.79. The average Bonchev–Trinajstić information content (AvgIpc) is 2.25. The smallest absolute Gasteiger partial charge is 0.161 e. The highest BCUT2D eigenvalue weighted by atomic mass is 19.2. The average molecular weight is 260 g/mol. The summed E-state index contributed by atoms with van der Waals surface area (Å²) in [5.74, 6) is -2.63. The van der Waals surface area contributed by atoms with Gasteiger partial charge in [-0.3, -0.25) is 4.90 Å². The van der Waals surface area contributed by atoms with Crippen LogP contribution in [0.25, 0.3) is 0 Å². The molecule has 0 heterocycles. The second-order valence-electron chi connectivity index (χ2n) is 4.87. The van der Waals surface area contributed by atoms with Crippen LogP contribution in [0, 0.1) is 23.4 Å². The molecule has 2 N–H and O–H groups in total. The van der Waals surface area contributed by atoms with Gasteiger partial charge in [-0.2, -0.15) is 0 Å². The van der Waals surface area contributed by atoms with Crippen molar-refractivity contribution in [3.8, 4) is 0 Å². The number of hydrogen-bond acceptors (Lipinski definition) is 2. The fourth-order valence-corrected chi connectivity index (χ4v) is 2.04. The van der Waals surface area contributed by atoms with Crippen LogP contribution in [0.4, 0.5) is 13.2 Å². The van der Waals surface area contributed by atoms with Crippen molar-refractivity contribution in [3.05, 3.63) is 35.1 Å². The molecule has 2 nitrogen and oxygen atoms in total. The molecule has 0 spiro atoms. The maximum Gasteiger partial charge on any atom is 0.161 e. The van der Waals surface area contributed by atoms with Crippen LogP contribution in [0.15, 0.2) is 12.1 Å². The third-order valence-electron chi connectivity index (χ3n) is 2.81. The molecule has 0 aliphatic carbocycles. The Kier molecular flexibility index (Phi) is 5.16. The van der Waals surface area contributed by atoms with Gasteiger partial charge in [0.1, 0.15) is 5.82 Å². The highest BCUT2D eigenvalue weighted by Gasteiger charge is 2.21. The zero-order valence-corrected chi connectivity index (χ0v) is 10.9. The molecule has 0 aromatic heterocycles. The van der Waals surface area contributed by atoms with E-state index in [1.54, 1.807) is 7.05 Å². The van der Waals surface area contributed by atoms with Gasteiger partial charge < -0.3 is 5.73 Å². The summed E-state index contributed by atoms with van der Waals surface area (Å²) in [6, 6.07) is 0.998. The van der Waals surface area contributed by atoms with E-state index < -0.39 is 23.5 Å². The fraction of sp³-hybridized carbons (Fsp3) is 0.538. The van der Waals surface area contributed by atoms with Crippen molar-refractivity contribution in [2.45, 2.75) is 19.9 Å². The molecular weight excluding hydrogens is 241 g/mol. The van der Waals surface area contributed by atoms with E-state index in [0.29, 0.717) is 18.5 Å². The quantitative estimate of drug-likeness (QED) is 0.825. The van der Waals surface area contributed by atoms with Crippen LogP contribution in [0.2, 0.25) is 0 Å². The fourth-order valence-electron chi connectivity index (χ4n) is 2.04. The molecule has 0 saturated carbocycles. The van der Waals surface area contributed by atoms with Crippen molar-refractivity contribution in [1.29, 1.82) is 0 Å². The summed E-state index contributed by atoms with van der Waals surface area (Å²) in [5.41, 5.74) is 5.71. The van der Waals surface area contributed by atoms with Crippen LogP contribution in [0.1, 0.15) is 25.5 Å². The number of rotatable bonds is 5. The third-order valence-corrected chi connectivity index (χ3v) is 2.81. The topological polar surface area (TPSA) is 29.3 Å². The van der Waals surface area contributed by atoms with Gasteiger partial charge in [-0.25, -0.2) is 13.2 Å². The summed E-state index contributed by atoms with van der Waals surface area (Å²) in [4.78, 5) is 1.85. The summed E-state index contributed by atoms with van der Waals surface area (Å²) in [6.07, 6.45) is 0. The van der Waals surface area contributed by atoms with E-state index in [4.69, 9.17) is 5.73 Å². The van der Waals surface area contributed by atoms with Crippen molar-refractivity contribution in [2.75, 3.05) is 20.1 Å². The van der Waals surface area contributed by atoms with Gasteiger partial charge >= 0.3 is 0 Å². The van der Waals surface area contributed by atoms with E-state index in [-0.39, 0.29) is 12.1 Å². The second kappa shape index (κ2) is 6.20. The van der Waals surface area contributed by atoms with Crippen molar-refractivity contribution < 1.29 is 13.2 Å². The van der Waals surface area contributed by atoms with Crippen LogP contribution in [0.5, 0.6) is 0 Å². The number of likely N-dealkylation sites (N-methyl/N-ethyl adjacent to an activating group) is 1. The largest absolute Gasteiger partial charge is 0.329 e. The SMILES string of the molecule is CC(C)CN(C)C(CN)c1cc(F)c(F)cc1F. The minimum atomic E-state index is -1.18. The number of hydrogen-bond donors (Lipinski definition) is 1. The molecule has 0 aliphatic rings. The highest BCUT2D eigenvalue weighted by Crippen LogP contribution is 2.24. The van der Waals surface area contributed by atoms with Crippen molar-refractivity contribution in [1.82, 2.24) is 4.90 Å². The number of nitrogens with two attached hydrogens (primary N) is 1. The molecule has 1 atom stereocenters. The lowest BCUT2D eigenvalue weighted by molar-refractivity contribution is 0.218. The summed E-state index contributed by atoms with van der Waals surface area (Å²) in [6.45, 7) is 4.88. The summed E-state index contributed by atoms with van der Waals surface area (Å²) in [5, 5.41) is 0. The zero-order chi connectivity index (χ0) is 13.9. The van der Waals surface area contributed by atoms with Gasteiger partial charge in [-0.1, -0.05) is 13.8 Å². The Bertz CT molecular complexity index is 407. The molecule has 0 fully saturated rings. The molecule has 0 bridgehead atoms. The lowest BCUT2D eigenvalue weighted by Crippen LogP contribution is -2.33. The predicted octanol–water partition coefficient (Wildman–Crippen LogP) is 2.69. The van der Waals surface area contributed by atoms with Gasteiger partial charge in [0.25, 0.3) is 0 Å². The Balaban J connectivity index is 3.05. The zero-order valence-electron chi connectivity index (χ0n) is 10.9. The first-order valence-corrected chi connectivity index (χ1v) is 5.91. The van der Waals surface area contributed by atoms with Crippen molar-refractivity contribution in [2.24, 2.45) is 11.7 Å². The van der Waals surface area contributed by atoms with Gasteiger partial charge in [0.05, 0.1) is 0 Å². The van der Waals surface area contributed by atoms with E-state index in [1.807, 2.05) is 18.7 Å². The standard InChI is InChI=1S/C13H19F3N2/c1-8(2)7-18(3)13(6-17)9-4-11(15)12(16)5-10(9)14/h4-5,8,13H,6-7,17H2,1-3H3. The third kappa shape index (κ3) is 3.46. The van der Waals surface area contributed by atoms with Gasteiger partial charge in [0.15, 0.2) is 11.6 Å². The molecular formula is C13H19F3N2. The minimum Gasteiger partial charge on any atom is -0.329 e. The van der Waals surface area contributed by atoms with Gasteiger partial charge in [-0.05, 0) is 19.0 Å². The van der Waals surface area contributed by atoms with E-state index in [2.05, 4.69) is 0 Å². The van der Waals surface area contributed by atoms with Crippen LogP contribution in [-0.4, -0.2) is 25.0 Å². The molecule has 5 heteroatoms. The molecule has 0 amide bonds. The monoisotopic (exact) mass is 260 g/mol. The highest BCUT2D eigenvalue weighted by molar-refractivity contribution is 5.24. The molecule has 0 radical (unpaired) electrons. The first-order valence-electron chi connectivity index (χ1n) is 5.91. The van der Waals surface area contributed by atoms with Crippen LogP contribution in [-0.2, 0) is 0 Å².